The summed E-state index contributed by atoms with van der Waals surface area (Å²) in [5, 5.41) is 0. The SMILES string of the molecule is C1=Cc2ccccc2OC1.[Ta].[W]. The zero-order valence-corrected chi connectivity index (χ0v) is 12.6. The van der Waals surface area contributed by atoms with Gasteiger partial charge in [0.1, 0.15) is 12.4 Å². The number of para-hydroxylation sites is 1. The summed E-state index contributed by atoms with van der Waals surface area (Å²) in [7, 11) is 0. The molecule has 1 heterocycles. The maximum Gasteiger partial charge on any atom is 0.126 e. The Kier molecular flexibility index (Phi) is 5.86. The van der Waals surface area contributed by atoms with Crippen LogP contribution in [0.15, 0.2) is 30.3 Å². The molecular formula is C9H8OTaW. The summed E-state index contributed by atoms with van der Waals surface area (Å²) >= 11 is 0. The van der Waals surface area contributed by atoms with Crippen LogP contribution in [0, 0.1) is 0 Å². The third-order valence-corrected chi connectivity index (χ3v) is 1.55. The molecule has 12 heavy (non-hydrogen) atoms. The molecule has 0 N–H and O–H groups in total. The summed E-state index contributed by atoms with van der Waals surface area (Å²) in [6.45, 7) is 0.705. The molecule has 0 unspecified atom stereocenters. The normalized spacial score (nSPS) is 11.7. The molecule has 1 aromatic carbocycles. The second kappa shape index (κ2) is 5.77. The van der Waals surface area contributed by atoms with Crippen LogP contribution in [0.4, 0.5) is 0 Å². The van der Waals surface area contributed by atoms with Crippen molar-refractivity contribution in [2.24, 2.45) is 0 Å². The van der Waals surface area contributed by atoms with E-state index >= 15 is 0 Å². The molecule has 1 nitrogen and oxygen atoms in total. The van der Waals surface area contributed by atoms with Gasteiger partial charge in [-0.05, 0) is 12.1 Å². The van der Waals surface area contributed by atoms with Gasteiger partial charge in [-0.3, -0.25) is 0 Å². The van der Waals surface area contributed by atoms with Crippen molar-refractivity contribution < 1.29 is 48.2 Å². The van der Waals surface area contributed by atoms with Gasteiger partial charge in [0.05, 0.1) is 0 Å². The van der Waals surface area contributed by atoms with Crippen LogP contribution in [-0.4, -0.2) is 6.61 Å². The first-order valence-corrected chi connectivity index (χ1v) is 3.35. The van der Waals surface area contributed by atoms with Crippen molar-refractivity contribution in [3.63, 3.8) is 0 Å². The summed E-state index contributed by atoms with van der Waals surface area (Å²) in [5.74, 6) is 0.991. The zero-order valence-electron chi connectivity index (χ0n) is 6.43. The van der Waals surface area contributed by atoms with E-state index in [1.807, 2.05) is 30.3 Å². The molecular weight excluding hydrogens is 489 g/mol. The molecule has 0 saturated carbocycles. The van der Waals surface area contributed by atoms with Crippen LogP contribution >= 0.6 is 0 Å². The Hall–Kier alpha value is 0.189. The van der Waals surface area contributed by atoms with Gasteiger partial charge in [-0.2, -0.15) is 0 Å². The number of hydrogen-bond donors (Lipinski definition) is 0. The monoisotopic (exact) mass is 497 g/mol. The predicted molar refractivity (Wildman–Crippen MR) is 41.0 cm³/mol. The zero-order chi connectivity index (χ0) is 6.81. The summed E-state index contributed by atoms with van der Waals surface area (Å²) in [4.78, 5) is 0. The molecule has 61 valence electrons. The maximum absolute atomic E-state index is 5.34. The molecule has 0 fully saturated rings. The van der Waals surface area contributed by atoms with Crippen molar-refractivity contribution in [1.29, 1.82) is 0 Å². The van der Waals surface area contributed by atoms with E-state index in [2.05, 4.69) is 6.08 Å². The van der Waals surface area contributed by atoms with Crippen molar-refractivity contribution >= 4 is 6.08 Å². The number of fused-ring (bicyclic) bond motifs is 1. The number of benzene rings is 1. The summed E-state index contributed by atoms with van der Waals surface area (Å²) in [6, 6.07) is 8.03. The standard InChI is InChI=1S/C9H8O.Ta.W/c1-2-6-9-8(4-1)5-3-7-10-9;;/h1-6H,7H2;;. The second-order valence-corrected chi connectivity index (χ2v) is 2.25. The van der Waals surface area contributed by atoms with Gasteiger partial charge in [-0.15, -0.1) is 0 Å². The topological polar surface area (TPSA) is 9.23 Å². The Morgan fingerprint density at radius 2 is 1.92 bits per heavy atom. The number of hydrogen-bond acceptors (Lipinski definition) is 1. The number of ether oxygens (including phenoxy) is 1. The summed E-state index contributed by atoms with van der Waals surface area (Å²) in [5.41, 5.74) is 1.17. The minimum Gasteiger partial charge on any atom is -0.489 e. The van der Waals surface area contributed by atoms with E-state index in [1.165, 1.54) is 5.56 Å². The van der Waals surface area contributed by atoms with Gasteiger partial charge >= 0.3 is 0 Å². The number of rotatable bonds is 0. The van der Waals surface area contributed by atoms with Crippen molar-refractivity contribution in [3.8, 4) is 5.75 Å². The molecule has 0 spiro atoms. The fourth-order valence-corrected chi connectivity index (χ4v) is 1.06. The Bertz CT molecular complexity index is 273. The van der Waals surface area contributed by atoms with E-state index < -0.39 is 0 Å². The first-order valence-electron chi connectivity index (χ1n) is 3.35. The van der Waals surface area contributed by atoms with E-state index in [1.54, 1.807) is 0 Å². The average Bonchev–Trinajstić information content (AvgIpc) is 2.05. The Labute approximate surface area is 102 Å². The van der Waals surface area contributed by atoms with Gasteiger partial charge in [-0.1, -0.05) is 24.3 Å². The van der Waals surface area contributed by atoms with E-state index in [0.29, 0.717) is 6.61 Å². The largest absolute Gasteiger partial charge is 0.489 e. The smallest absolute Gasteiger partial charge is 0.126 e. The van der Waals surface area contributed by atoms with Crippen LogP contribution in [0.1, 0.15) is 5.56 Å². The van der Waals surface area contributed by atoms with E-state index in [4.69, 9.17) is 4.74 Å². The van der Waals surface area contributed by atoms with Gasteiger partial charge in [0, 0.05) is 49.0 Å². The third-order valence-electron chi connectivity index (χ3n) is 1.55. The van der Waals surface area contributed by atoms with E-state index in [9.17, 15) is 0 Å². The molecule has 2 rings (SSSR count). The van der Waals surface area contributed by atoms with Crippen LogP contribution < -0.4 is 4.74 Å². The molecule has 0 aromatic heterocycles. The van der Waals surface area contributed by atoms with Gasteiger partial charge < -0.3 is 4.74 Å². The van der Waals surface area contributed by atoms with Gasteiger partial charge in [0.15, 0.2) is 0 Å². The first-order chi connectivity index (χ1) is 4.97. The molecule has 0 saturated heterocycles. The molecule has 0 aliphatic carbocycles. The Morgan fingerprint density at radius 3 is 2.67 bits per heavy atom. The van der Waals surface area contributed by atoms with E-state index in [0.717, 1.165) is 5.75 Å². The van der Waals surface area contributed by atoms with Crippen molar-refractivity contribution in [1.82, 2.24) is 0 Å². The molecule has 0 atom stereocenters. The maximum atomic E-state index is 5.34. The van der Waals surface area contributed by atoms with Crippen LogP contribution in [-0.2, 0) is 43.4 Å². The molecule has 1 radical (unpaired) electrons. The van der Waals surface area contributed by atoms with Crippen LogP contribution in [0.25, 0.3) is 6.08 Å². The van der Waals surface area contributed by atoms with E-state index in [-0.39, 0.29) is 43.4 Å². The van der Waals surface area contributed by atoms with Gasteiger partial charge in [0.2, 0.25) is 0 Å². The van der Waals surface area contributed by atoms with Crippen LogP contribution in [0.3, 0.4) is 0 Å². The van der Waals surface area contributed by atoms with Crippen LogP contribution in [0.5, 0.6) is 5.75 Å². The fourth-order valence-electron chi connectivity index (χ4n) is 1.06. The fraction of sp³-hybridized carbons (Fsp3) is 0.111. The molecule has 1 aliphatic rings. The average molecular weight is 497 g/mol. The summed E-state index contributed by atoms with van der Waals surface area (Å²) < 4.78 is 5.34. The van der Waals surface area contributed by atoms with Crippen molar-refractivity contribution in [3.05, 3.63) is 35.9 Å². The molecule has 1 aliphatic heterocycles. The predicted octanol–water partition coefficient (Wildman–Crippen LogP) is 2.09. The minimum absolute atomic E-state index is 0. The summed E-state index contributed by atoms with van der Waals surface area (Å²) in [6.07, 6.45) is 4.10. The molecule has 3 heteroatoms. The molecule has 0 bridgehead atoms. The Morgan fingerprint density at radius 1 is 1.17 bits per heavy atom. The Balaban J connectivity index is 0.000000605. The van der Waals surface area contributed by atoms with Gasteiger partial charge in [0.25, 0.3) is 0 Å². The minimum atomic E-state index is 0. The first kappa shape index (κ1) is 12.2. The third kappa shape index (κ3) is 2.60. The second-order valence-electron chi connectivity index (χ2n) is 2.25. The van der Waals surface area contributed by atoms with Crippen molar-refractivity contribution in [2.45, 2.75) is 0 Å². The van der Waals surface area contributed by atoms with Crippen molar-refractivity contribution in [2.75, 3.05) is 6.61 Å². The van der Waals surface area contributed by atoms with Crippen LogP contribution in [0.2, 0.25) is 0 Å². The molecule has 1 aromatic rings. The quantitative estimate of drug-likeness (QED) is 0.534. The molecule has 0 amide bonds. The van der Waals surface area contributed by atoms with Gasteiger partial charge in [-0.25, -0.2) is 0 Å².